The van der Waals surface area contributed by atoms with Gasteiger partial charge in [0.15, 0.2) is 17.7 Å². The van der Waals surface area contributed by atoms with Crippen molar-refractivity contribution >= 4 is 5.91 Å². The highest BCUT2D eigenvalue weighted by Crippen LogP contribution is 2.18. The predicted octanol–water partition coefficient (Wildman–Crippen LogP) is 3.90. The van der Waals surface area contributed by atoms with Gasteiger partial charge in [0.25, 0.3) is 5.91 Å². The average molecular weight is 370 g/mol. The average Bonchev–Trinajstić information content (AvgIpc) is 3.19. The normalized spacial score (nSPS) is 15.5. The number of hydrogen-bond acceptors (Lipinski definition) is 3. The summed E-state index contributed by atoms with van der Waals surface area (Å²) in [6, 6.07) is 14.4. The van der Waals surface area contributed by atoms with E-state index in [-0.39, 0.29) is 11.7 Å². The van der Waals surface area contributed by atoms with Crippen molar-refractivity contribution in [3.63, 3.8) is 0 Å². The number of rotatable bonds is 8. The molecule has 2 aromatic carbocycles. The first kappa shape index (κ1) is 19.4. The summed E-state index contributed by atoms with van der Waals surface area (Å²) in [6.07, 6.45) is 2.30. The second kappa shape index (κ2) is 9.51. The zero-order valence-electron chi connectivity index (χ0n) is 15.8. The molecule has 1 N–H and O–H groups in total. The summed E-state index contributed by atoms with van der Waals surface area (Å²) in [5.41, 5.74) is 2.32. The van der Waals surface area contributed by atoms with Crippen LogP contribution < -0.4 is 10.1 Å². The highest BCUT2D eigenvalue weighted by atomic mass is 19.1. The zero-order chi connectivity index (χ0) is 19.1. The molecule has 0 aliphatic carbocycles. The smallest absolute Gasteiger partial charge is 0.261 e. The van der Waals surface area contributed by atoms with Crippen LogP contribution in [0, 0.1) is 5.82 Å². The molecule has 27 heavy (non-hydrogen) atoms. The van der Waals surface area contributed by atoms with E-state index in [0.29, 0.717) is 13.0 Å². The summed E-state index contributed by atoms with van der Waals surface area (Å²) in [4.78, 5) is 14.9. The molecule has 3 rings (SSSR count). The monoisotopic (exact) mass is 370 g/mol. The van der Waals surface area contributed by atoms with Crippen LogP contribution in [0.2, 0.25) is 0 Å². The van der Waals surface area contributed by atoms with Crippen LogP contribution in [0.4, 0.5) is 4.39 Å². The molecule has 0 unspecified atom stereocenters. The Hall–Kier alpha value is -2.40. The van der Waals surface area contributed by atoms with Gasteiger partial charge in [-0.1, -0.05) is 43.3 Å². The lowest BCUT2D eigenvalue weighted by Gasteiger charge is -2.18. The first-order valence-electron chi connectivity index (χ1n) is 9.65. The van der Waals surface area contributed by atoms with Crippen molar-refractivity contribution in [2.75, 3.05) is 13.1 Å². The van der Waals surface area contributed by atoms with Crippen LogP contribution in [0.15, 0.2) is 48.5 Å². The van der Waals surface area contributed by atoms with Gasteiger partial charge in [-0.3, -0.25) is 9.69 Å². The fraction of sp³-hybridized carbons (Fsp3) is 0.409. The Labute approximate surface area is 160 Å². The van der Waals surface area contributed by atoms with Gasteiger partial charge in [0.05, 0.1) is 0 Å². The minimum Gasteiger partial charge on any atom is -0.478 e. The van der Waals surface area contributed by atoms with E-state index in [2.05, 4.69) is 22.3 Å². The topological polar surface area (TPSA) is 41.6 Å². The third-order valence-corrected chi connectivity index (χ3v) is 4.83. The van der Waals surface area contributed by atoms with Gasteiger partial charge in [-0.05, 0) is 55.6 Å². The molecule has 5 heteroatoms. The van der Waals surface area contributed by atoms with E-state index in [1.165, 1.54) is 30.5 Å². The Morgan fingerprint density at radius 1 is 1.15 bits per heavy atom. The molecular formula is C22H27FN2O2. The fourth-order valence-electron chi connectivity index (χ4n) is 3.36. The molecule has 0 spiro atoms. The Balaban J connectivity index is 1.55. The van der Waals surface area contributed by atoms with Crippen molar-refractivity contribution in [2.45, 2.75) is 45.4 Å². The van der Waals surface area contributed by atoms with Gasteiger partial charge in [0.2, 0.25) is 0 Å². The number of halogens is 1. The standard InChI is InChI=1S/C22H27FN2O2/c1-2-20(27-21-11-4-3-10-19(21)23)22(26)24-15-17-8-7-9-18(14-17)16-25-12-5-6-13-25/h3-4,7-11,14,20H,2,5-6,12-13,15-16H2,1H3,(H,24,26)/t20-/m1/s1. The van der Waals surface area contributed by atoms with E-state index in [9.17, 15) is 9.18 Å². The summed E-state index contributed by atoms with van der Waals surface area (Å²) in [5, 5.41) is 2.91. The number of ether oxygens (including phenoxy) is 1. The number of hydrogen-bond donors (Lipinski definition) is 1. The number of amides is 1. The first-order chi connectivity index (χ1) is 13.2. The van der Waals surface area contributed by atoms with Crippen LogP contribution in [-0.4, -0.2) is 30.0 Å². The molecular weight excluding hydrogens is 343 g/mol. The summed E-state index contributed by atoms with van der Waals surface area (Å²) in [5.74, 6) is -0.587. The number of nitrogens with one attached hydrogen (secondary N) is 1. The van der Waals surface area contributed by atoms with Crippen molar-refractivity contribution in [3.8, 4) is 5.75 Å². The molecule has 1 aliphatic rings. The molecule has 1 atom stereocenters. The van der Waals surface area contributed by atoms with E-state index in [0.717, 1.165) is 25.2 Å². The third-order valence-electron chi connectivity index (χ3n) is 4.83. The molecule has 0 saturated carbocycles. The second-order valence-electron chi connectivity index (χ2n) is 6.97. The largest absolute Gasteiger partial charge is 0.478 e. The summed E-state index contributed by atoms with van der Waals surface area (Å²) in [6.45, 7) is 5.56. The molecule has 0 aromatic heterocycles. The van der Waals surface area contributed by atoms with Crippen molar-refractivity contribution < 1.29 is 13.9 Å². The first-order valence-corrected chi connectivity index (χ1v) is 9.65. The summed E-state index contributed by atoms with van der Waals surface area (Å²) < 4.78 is 19.3. The van der Waals surface area contributed by atoms with Gasteiger partial charge >= 0.3 is 0 Å². The van der Waals surface area contributed by atoms with Gasteiger partial charge in [0.1, 0.15) is 0 Å². The number of benzene rings is 2. The number of carbonyl (C=O) groups excluding carboxylic acids is 1. The lowest BCUT2D eigenvalue weighted by atomic mass is 10.1. The Morgan fingerprint density at radius 3 is 2.63 bits per heavy atom. The molecule has 1 heterocycles. The van der Waals surface area contributed by atoms with E-state index in [4.69, 9.17) is 4.74 Å². The quantitative estimate of drug-likeness (QED) is 0.766. The predicted molar refractivity (Wildman–Crippen MR) is 104 cm³/mol. The molecule has 0 radical (unpaired) electrons. The van der Waals surface area contributed by atoms with Gasteiger partial charge in [0, 0.05) is 13.1 Å². The number of carbonyl (C=O) groups is 1. The maximum atomic E-state index is 13.8. The van der Waals surface area contributed by atoms with E-state index in [1.54, 1.807) is 12.1 Å². The SMILES string of the molecule is CC[C@@H](Oc1ccccc1F)C(=O)NCc1cccc(CN2CCCC2)c1. The van der Waals surface area contributed by atoms with Crippen LogP contribution in [-0.2, 0) is 17.9 Å². The van der Waals surface area contributed by atoms with E-state index >= 15 is 0 Å². The fourth-order valence-corrected chi connectivity index (χ4v) is 3.36. The number of para-hydroxylation sites is 1. The lowest BCUT2D eigenvalue weighted by Crippen LogP contribution is -2.37. The van der Waals surface area contributed by atoms with Gasteiger partial charge in [-0.2, -0.15) is 0 Å². The highest BCUT2D eigenvalue weighted by Gasteiger charge is 2.19. The third kappa shape index (κ3) is 5.54. The van der Waals surface area contributed by atoms with Crippen molar-refractivity contribution in [2.24, 2.45) is 0 Å². The maximum Gasteiger partial charge on any atom is 0.261 e. The van der Waals surface area contributed by atoms with Crippen LogP contribution in [0.25, 0.3) is 0 Å². The Morgan fingerprint density at radius 2 is 1.89 bits per heavy atom. The van der Waals surface area contributed by atoms with E-state index < -0.39 is 11.9 Å². The molecule has 1 amide bonds. The number of likely N-dealkylation sites (tertiary alicyclic amines) is 1. The van der Waals surface area contributed by atoms with Crippen LogP contribution in [0.5, 0.6) is 5.75 Å². The summed E-state index contributed by atoms with van der Waals surface area (Å²) >= 11 is 0. The second-order valence-corrected chi connectivity index (χ2v) is 6.97. The molecule has 144 valence electrons. The van der Waals surface area contributed by atoms with E-state index in [1.807, 2.05) is 19.1 Å². The molecule has 1 aliphatic heterocycles. The van der Waals surface area contributed by atoms with Crippen molar-refractivity contribution in [3.05, 3.63) is 65.5 Å². The molecule has 1 saturated heterocycles. The van der Waals surface area contributed by atoms with Crippen molar-refractivity contribution in [1.29, 1.82) is 0 Å². The maximum absolute atomic E-state index is 13.8. The molecule has 1 fully saturated rings. The van der Waals surface area contributed by atoms with Crippen LogP contribution >= 0.6 is 0 Å². The number of nitrogens with zero attached hydrogens (tertiary/aromatic N) is 1. The van der Waals surface area contributed by atoms with Gasteiger partial charge in [-0.15, -0.1) is 0 Å². The van der Waals surface area contributed by atoms with Crippen molar-refractivity contribution in [1.82, 2.24) is 10.2 Å². The lowest BCUT2D eigenvalue weighted by molar-refractivity contribution is -0.128. The minimum absolute atomic E-state index is 0.104. The minimum atomic E-state index is -0.713. The van der Waals surface area contributed by atoms with Gasteiger partial charge < -0.3 is 10.1 Å². The van der Waals surface area contributed by atoms with Crippen LogP contribution in [0.1, 0.15) is 37.3 Å². The summed E-state index contributed by atoms with van der Waals surface area (Å²) in [7, 11) is 0. The Kier molecular flexibility index (Phi) is 6.82. The molecule has 0 bridgehead atoms. The molecule has 4 nitrogen and oxygen atoms in total. The Bertz CT molecular complexity index is 759. The zero-order valence-corrected chi connectivity index (χ0v) is 15.8. The highest BCUT2D eigenvalue weighted by molar-refractivity contribution is 5.81. The molecule has 2 aromatic rings. The van der Waals surface area contributed by atoms with Gasteiger partial charge in [-0.25, -0.2) is 4.39 Å². The van der Waals surface area contributed by atoms with Crippen LogP contribution in [0.3, 0.4) is 0 Å².